The summed E-state index contributed by atoms with van der Waals surface area (Å²) in [5.74, 6) is 0.117. The number of rotatable bonds is 2. The van der Waals surface area contributed by atoms with E-state index >= 15 is 0 Å². The van der Waals surface area contributed by atoms with E-state index < -0.39 is 0 Å². The minimum atomic E-state index is 0.117. The van der Waals surface area contributed by atoms with Gasteiger partial charge in [0.05, 0.1) is 5.56 Å². The molecule has 1 heterocycles. The summed E-state index contributed by atoms with van der Waals surface area (Å²) in [5.41, 5.74) is 0.737. The van der Waals surface area contributed by atoms with E-state index in [9.17, 15) is 4.79 Å². The molecule has 0 saturated carbocycles. The van der Waals surface area contributed by atoms with Gasteiger partial charge in [0.25, 0.3) is 5.91 Å². The zero-order chi connectivity index (χ0) is 12.4. The summed E-state index contributed by atoms with van der Waals surface area (Å²) < 4.78 is 1.82. The van der Waals surface area contributed by atoms with Crippen LogP contribution in [0, 0.1) is 0 Å². The number of amides is 1. The SMILES string of the molecule is O=C(c1ccc(Br)cc1Br)N1CCCC1CBr. The molecule has 0 aliphatic carbocycles. The van der Waals surface area contributed by atoms with Crippen molar-refractivity contribution in [1.29, 1.82) is 0 Å². The number of carbonyl (C=O) groups excluding carboxylic acids is 1. The standard InChI is InChI=1S/C12H12Br3NO/c13-7-9-2-1-5-16(9)12(17)10-4-3-8(14)6-11(10)15/h3-4,6,9H,1-2,5,7H2. The lowest BCUT2D eigenvalue weighted by atomic mass is 10.2. The van der Waals surface area contributed by atoms with Gasteiger partial charge in [-0.15, -0.1) is 0 Å². The highest BCUT2D eigenvalue weighted by molar-refractivity contribution is 9.11. The molecule has 0 spiro atoms. The molecule has 0 N–H and O–H groups in total. The normalized spacial score (nSPS) is 19.7. The van der Waals surface area contributed by atoms with Gasteiger partial charge in [-0.25, -0.2) is 0 Å². The second kappa shape index (κ2) is 5.85. The number of carbonyl (C=O) groups is 1. The van der Waals surface area contributed by atoms with Gasteiger partial charge in [-0.3, -0.25) is 4.79 Å². The third-order valence-corrected chi connectivity index (χ3v) is 4.87. The van der Waals surface area contributed by atoms with E-state index in [2.05, 4.69) is 47.8 Å². The van der Waals surface area contributed by atoms with Gasteiger partial charge < -0.3 is 4.90 Å². The highest BCUT2D eigenvalue weighted by Gasteiger charge is 2.29. The van der Waals surface area contributed by atoms with E-state index in [-0.39, 0.29) is 5.91 Å². The average Bonchev–Trinajstić information content (AvgIpc) is 2.76. The monoisotopic (exact) mass is 423 g/mol. The lowest BCUT2D eigenvalue weighted by Crippen LogP contribution is -2.36. The van der Waals surface area contributed by atoms with Crippen LogP contribution in [0.25, 0.3) is 0 Å². The number of alkyl halides is 1. The topological polar surface area (TPSA) is 20.3 Å². The van der Waals surface area contributed by atoms with Crippen molar-refractivity contribution in [3.8, 4) is 0 Å². The van der Waals surface area contributed by atoms with Crippen molar-refractivity contribution in [1.82, 2.24) is 4.90 Å². The number of benzene rings is 1. The zero-order valence-corrected chi connectivity index (χ0v) is 13.9. The van der Waals surface area contributed by atoms with Crippen LogP contribution in [-0.4, -0.2) is 28.7 Å². The van der Waals surface area contributed by atoms with E-state index in [1.165, 1.54) is 0 Å². The van der Waals surface area contributed by atoms with Crippen molar-refractivity contribution in [3.05, 3.63) is 32.7 Å². The molecule has 2 nitrogen and oxygen atoms in total. The Kier molecular flexibility index (Phi) is 4.66. The molecule has 1 atom stereocenters. The predicted molar refractivity (Wildman–Crippen MR) is 79.7 cm³/mol. The third kappa shape index (κ3) is 2.93. The van der Waals surface area contributed by atoms with E-state index in [0.717, 1.165) is 39.2 Å². The van der Waals surface area contributed by atoms with Crippen LogP contribution in [0.1, 0.15) is 23.2 Å². The first-order valence-corrected chi connectivity index (χ1v) is 8.16. The number of halogens is 3. The van der Waals surface area contributed by atoms with Crippen LogP contribution in [-0.2, 0) is 0 Å². The van der Waals surface area contributed by atoms with Crippen LogP contribution in [0.15, 0.2) is 27.1 Å². The summed E-state index contributed by atoms with van der Waals surface area (Å²) in [5, 5.41) is 0.854. The first-order valence-electron chi connectivity index (χ1n) is 5.45. The van der Waals surface area contributed by atoms with Crippen molar-refractivity contribution < 1.29 is 4.79 Å². The molecule has 1 aromatic rings. The van der Waals surface area contributed by atoms with E-state index in [0.29, 0.717) is 6.04 Å². The largest absolute Gasteiger partial charge is 0.335 e. The van der Waals surface area contributed by atoms with Gasteiger partial charge in [0, 0.05) is 26.9 Å². The van der Waals surface area contributed by atoms with E-state index in [1.54, 1.807) is 0 Å². The summed E-state index contributed by atoms with van der Waals surface area (Å²) in [4.78, 5) is 14.4. The predicted octanol–water partition coefficient (Wildman–Crippen LogP) is 4.21. The molecule has 1 aliphatic rings. The summed E-state index contributed by atoms with van der Waals surface area (Å²) in [6.07, 6.45) is 2.18. The maximum absolute atomic E-state index is 12.4. The quantitative estimate of drug-likeness (QED) is 0.650. The summed E-state index contributed by atoms with van der Waals surface area (Å²) in [7, 11) is 0. The molecule has 92 valence electrons. The fourth-order valence-electron chi connectivity index (χ4n) is 2.08. The summed E-state index contributed by atoms with van der Waals surface area (Å²) in [6.45, 7) is 0.859. The van der Waals surface area contributed by atoms with Crippen LogP contribution in [0.3, 0.4) is 0 Å². The molecule has 0 radical (unpaired) electrons. The molecule has 1 amide bonds. The van der Waals surface area contributed by atoms with Crippen molar-refractivity contribution in [2.45, 2.75) is 18.9 Å². The third-order valence-electron chi connectivity index (χ3n) is 2.98. The van der Waals surface area contributed by atoms with Gasteiger partial charge >= 0.3 is 0 Å². The number of nitrogens with zero attached hydrogens (tertiary/aromatic N) is 1. The Morgan fingerprint density at radius 3 is 2.82 bits per heavy atom. The summed E-state index contributed by atoms with van der Waals surface area (Å²) in [6, 6.07) is 6.00. The Bertz CT molecular complexity index is 436. The maximum atomic E-state index is 12.4. The Morgan fingerprint density at radius 1 is 1.41 bits per heavy atom. The molecule has 17 heavy (non-hydrogen) atoms. The molecular formula is C12H12Br3NO. The Morgan fingerprint density at radius 2 is 2.18 bits per heavy atom. The Balaban J connectivity index is 2.24. The summed E-state index contributed by atoms with van der Waals surface area (Å²) >= 11 is 10.3. The molecule has 1 aromatic carbocycles. The van der Waals surface area contributed by atoms with Crippen LogP contribution < -0.4 is 0 Å². The van der Waals surface area contributed by atoms with E-state index in [4.69, 9.17) is 0 Å². The molecule has 5 heteroatoms. The fourth-order valence-corrected chi connectivity index (χ4v) is 3.97. The molecule has 0 bridgehead atoms. The van der Waals surface area contributed by atoms with Crippen LogP contribution in [0.2, 0.25) is 0 Å². The maximum Gasteiger partial charge on any atom is 0.255 e. The highest BCUT2D eigenvalue weighted by atomic mass is 79.9. The van der Waals surface area contributed by atoms with Crippen LogP contribution >= 0.6 is 47.8 Å². The number of likely N-dealkylation sites (tertiary alicyclic amines) is 1. The number of hydrogen-bond acceptors (Lipinski definition) is 1. The molecule has 1 unspecified atom stereocenters. The molecule has 1 saturated heterocycles. The minimum Gasteiger partial charge on any atom is -0.335 e. The van der Waals surface area contributed by atoms with Crippen molar-refractivity contribution in [2.24, 2.45) is 0 Å². The second-order valence-corrected chi connectivity index (χ2v) is 6.49. The smallest absolute Gasteiger partial charge is 0.255 e. The first kappa shape index (κ1) is 13.6. The highest BCUT2D eigenvalue weighted by Crippen LogP contribution is 2.27. The Hall–Kier alpha value is 0.130. The van der Waals surface area contributed by atoms with Crippen molar-refractivity contribution in [2.75, 3.05) is 11.9 Å². The van der Waals surface area contributed by atoms with Gasteiger partial charge in [-0.05, 0) is 47.0 Å². The van der Waals surface area contributed by atoms with Gasteiger partial charge in [0.1, 0.15) is 0 Å². The van der Waals surface area contributed by atoms with Gasteiger partial charge in [-0.2, -0.15) is 0 Å². The van der Waals surface area contributed by atoms with Gasteiger partial charge in [0.15, 0.2) is 0 Å². The Labute approximate surface area is 126 Å². The van der Waals surface area contributed by atoms with Gasteiger partial charge in [-0.1, -0.05) is 31.9 Å². The minimum absolute atomic E-state index is 0.117. The molecule has 2 rings (SSSR count). The lowest BCUT2D eigenvalue weighted by Gasteiger charge is -2.23. The van der Waals surface area contributed by atoms with Crippen LogP contribution in [0.5, 0.6) is 0 Å². The molecule has 1 fully saturated rings. The van der Waals surface area contributed by atoms with Gasteiger partial charge in [0.2, 0.25) is 0 Å². The molecular weight excluding hydrogens is 414 g/mol. The van der Waals surface area contributed by atoms with E-state index in [1.807, 2.05) is 23.1 Å². The van der Waals surface area contributed by atoms with Crippen LogP contribution in [0.4, 0.5) is 0 Å². The number of hydrogen-bond donors (Lipinski definition) is 0. The zero-order valence-electron chi connectivity index (χ0n) is 9.13. The first-order chi connectivity index (χ1) is 8.13. The molecule has 0 aromatic heterocycles. The lowest BCUT2D eigenvalue weighted by molar-refractivity contribution is 0.0749. The van der Waals surface area contributed by atoms with Crippen molar-refractivity contribution >= 4 is 53.7 Å². The molecule has 1 aliphatic heterocycles. The fraction of sp³-hybridized carbons (Fsp3) is 0.417. The second-order valence-electron chi connectivity index (χ2n) is 4.07. The average molecular weight is 426 g/mol. The van der Waals surface area contributed by atoms with Crippen molar-refractivity contribution in [3.63, 3.8) is 0 Å².